The Balaban J connectivity index is 0.000000647. The first-order valence-corrected chi connectivity index (χ1v) is 9.30. The lowest BCUT2D eigenvalue weighted by molar-refractivity contribution is 0.660. The normalized spacial score (nSPS) is 13.7. The van der Waals surface area contributed by atoms with Gasteiger partial charge in [-0.3, -0.25) is 0 Å². The van der Waals surface area contributed by atoms with Crippen LogP contribution in [0.1, 0.15) is 13.3 Å². The Kier molecular flexibility index (Phi) is 6.79. The summed E-state index contributed by atoms with van der Waals surface area (Å²) in [7, 11) is 0. The summed E-state index contributed by atoms with van der Waals surface area (Å²) >= 11 is 8.99. The average Bonchev–Trinajstić information content (AvgIpc) is 2.94. The Labute approximate surface area is 152 Å². The van der Waals surface area contributed by atoms with Crippen molar-refractivity contribution in [2.75, 3.05) is 11.6 Å². The summed E-state index contributed by atoms with van der Waals surface area (Å²) in [6, 6.07) is 3.63. The molecule has 4 nitrogen and oxygen atoms in total. The van der Waals surface area contributed by atoms with Gasteiger partial charge in [0.2, 0.25) is 0 Å². The molecule has 3 rings (SSSR count). The smallest absolute Gasteiger partial charge is 0.173 e. The summed E-state index contributed by atoms with van der Waals surface area (Å²) in [6.07, 6.45) is 8.96. The fraction of sp³-hybridized carbons (Fsp3) is 0.188. The van der Waals surface area contributed by atoms with E-state index in [4.69, 9.17) is 16.9 Å². The van der Waals surface area contributed by atoms with Crippen LogP contribution in [0.25, 0.3) is 10.3 Å². The van der Waals surface area contributed by atoms with Gasteiger partial charge in [0.25, 0.3) is 0 Å². The number of rotatable bonds is 3. The molecule has 1 aliphatic rings. The highest BCUT2D eigenvalue weighted by Gasteiger charge is 2.10. The number of thiazole rings is 1. The number of nitrogens with zero attached hydrogens (tertiary/aromatic N) is 3. The monoisotopic (exact) mass is 380 g/mol. The molecule has 0 fully saturated rings. The molecule has 0 amide bonds. The molecule has 2 aromatic heterocycles. The van der Waals surface area contributed by atoms with Gasteiger partial charge in [-0.1, -0.05) is 29.4 Å². The topological polar surface area (TPSA) is 61.6 Å². The van der Waals surface area contributed by atoms with Gasteiger partial charge in [0.05, 0.1) is 21.5 Å². The molecule has 2 heterocycles. The Morgan fingerprint density at radius 1 is 1.46 bits per heavy atom. The molecule has 0 saturated carbocycles. The van der Waals surface area contributed by atoms with Crippen molar-refractivity contribution in [1.82, 2.24) is 9.97 Å². The van der Waals surface area contributed by atoms with Crippen molar-refractivity contribution in [1.29, 1.82) is 5.26 Å². The maximum atomic E-state index is 13.4. The van der Waals surface area contributed by atoms with E-state index in [0.717, 1.165) is 26.1 Å². The van der Waals surface area contributed by atoms with E-state index in [2.05, 4.69) is 15.3 Å². The molecule has 24 heavy (non-hydrogen) atoms. The van der Waals surface area contributed by atoms with Crippen LogP contribution in [0, 0.1) is 11.3 Å². The first-order chi connectivity index (χ1) is 11.6. The van der Waals surface area contributed by atoms with Gasteiger partial charge in [-0.2, -0.15) is 5.26 Å². The highest BCUT2D eigenvalue weighted by molar-refractivity contribution is 8.00. The quantitative estimate of drug-likeness (QED) is 0.700. The Hall–Kier alpha value is -1.88. The second-order valence-electron chi connectivity index (χ2n) is 4.49. The van der Waals surface area contributed by atoms with Crippen molar-refractivity contribution in [2.24, 2.45) is 0 Å². The van der Waals surface area contributed by atoms with Crippen molar-refractivity contribution < 1.29 is 4.39 Å². The van der Waals surface area contributed by atoms with Crippen LogP contribution in [-0.4, -0.2) is 16.2 Å². The van der Waals surface area contributed by atoms with Gasteiger partial charge in [-0.05, 0) is 24.5 Å². The summed E-state index contributed by atoms with van der Waals surface area (Å²) < 4.78 is 15.4. The van der Waals surface area contributed by atoms with E-state index >= 15 is 0 Å². The fourth-order valence-electron chi connectivity index (χ4n) is 1.87. The average molecular weight is 381 g/mol. The molecule has 0 radical (unpaired) electrons. The zero-order valence-electron chi connectivity index (χ0n) is 13.0. The van der Waals surface area contributed by atoms with Crippen LogP contribution < -0.4 is 5.32 Å². The number of anilines is 1. The van der Waals surface area contributed by atoms with Crippen molar-refractivity contribution in [3.8, 4) is 6.07 Å². The lowest BCUT2D eigenvalue weighted by Gasteiger charge is -2.07. The maximum absolute atomic E-state index is 13.4. The molecular weight excluding hydrogens is 367 g/mol. The zero-order valence-corrected chi connectivity index (χ0v) is 15.4. The number of hydrogen-bond acceptors (Lipinski definition) is 6. The molecule has 2 aromatic rings. The van der Waals surface area contributed by atoms with E-state index in [1.807, 2.05) is 18.4 Å². The number of halogens is 2. The fourth-order valence-corrected chi connectivity index (χ4v) is 3.49. The van der Waals surface area contributed by atoms with Crippen LogP contribution in [0.4, 0.5) is 10.1 Å². The predicted octanol–water partition coefficient (Wildman–Crippen LogP) is 5.62. The third-order valence-electron chi connectivity index (χ3n) is 2.90. The van der Waals surface area contributed by atoms with E-state index in [-0.39, 0.29) is 5.03 Å². The van der Waals surface area contributed by atoms with E-state index < -0.39 is 5.83 Å². The van der Waals surface area contributed by atoms with Gasteiger partial charge in [0.15, 0.2) is 9.99 Å². The molecule has 0 unspecified atom stereocenters. The van der Waals surface area contributed by atoms with Crippen molar-refractivity contribution >= 4 is 50.7 Å². The van der Waals surface area contributed by atoms with Crippen LogP contribution in [-0.2, 0) is 0 Å². The van der Waals surface area contributed by atoms with Gasteiger partial charge in [-0.25, -0.2) is 14.4 Å². The number of aromatic nitrogens is 2. The van der Waals surface area contributed by atoms with Gasteiger partial charge < -0.3 is 5.32 Å². The molecule has 8 heteroatoms. The Morgan fingerprint density at radius 2 is 2.21 bits per heavy atom. The molecule has 124 valence electrons. The highest BCUT2D eigenvalue weighted by Crippen LogP contribution is 2.33. The minimum Gasteiger partial charge on any atom is -0.354 e. The zero-order chi connectivity index (χ0) is 17.5. The largest absolute Gasteiger partial charge is 0.354 e. The van der Waals surface area contributed by atoms with E-state index in [9.17, 15) is 4.39 Å². The predicted molar refractivity (Wildman–Crippen MR) is 99.9 cm³/mol. The standard InChI is InChI=1S/C14H11ClFN3S2.C2H3N/c1-20-14-19-13-12(21-14)11(6-7-17-13)18-8-2-4-9(15)10(16)5-3-8;1-2-3/h2-3,5-7H,4H2,1H3,(H,17,18);1H3. The number of nitrogens with one attached hydrogen (secondary N) is 1. The number of nitriles is 1. The highest BCUT2D eigenvalue weighted by atomic mass is 35.5. The maximum Gasteiger partial charge on any atom is 0.173 e. The van der Waals surface area contributed by atoms with E-state index in [0.29, 0.717) is 6.42 Å². The molecule has 0 saturated heterocycles. The van der Waals surface area contributed by atoms with Gasteiger partial charge >= 0.3 is 0 Å². The van der Waals surface area contributed by atoms with Crippen LogP contribution >= 0.6 is 34.7 Å². The van der Waals surface area contributed by atoms with Crippen LogP contribution in [0.15, 0.2) is 51.4 Å². The number of pyridine rings is 1. The van der Waals surface area contributed by atoms with Gasteiger partial charge in [-0.15, -0.1) is 11.3 Å². The van der Waals surface area contributed by atoms with E-state index in [1.165, 1.54) is 13.0 Å². The minimum atomic E-state index is -0.396. The molecule has 0 spiro atoms. The van der Waals surface area contributed by atoms with Gasteiger partial charge in [0.1, 0.15) is 5.83 Å². The van der Waals surface area contributed by atoms with Crippen molar-refractivity contribution in [3.05, 3.63) is 47.0 Å². The third kappa shape index (κ3) is 4.57. The Morgan fingerprint density at radius 3 is 2.92 bits per heavy atom. The van der Waals surface area contributed by atoms with Gasteiger partial charge in [0, 0.05) is 25.2 Å². The number of thioether (sulfide) groups is 1. The molecule has 1 aliphatic carbocycles. The molecule has 0 atom stereocenters. The molecule has 0 aliphatic heterocycles. The summed E-state index contributed by atoms with van der Waals surface area (Å²) in [5.74, 6) is -0.396. The molecule has 0 bridgehead atoms. The molecule has 0 aromatic carbocycles. The van der Waals surface area contributed by atoms with Crippen molar-refractivity contribution in [3.63, 3.8) is 0 Å². The minimum absolute atomic E-state index is 0.213. The summed E-state index contributed by atoms with van der Waals surface area (Å²) in [5.41, 5.74) is 2.43. The summed E-state index contributed by atoms with van der Waals surface area (Å²) in [5, 5.41) is 10.8. The number of allylic oxidation sites excluding steroid dienone is 5. The third-order valence-corrected chi connectivity index (χ3v) is 5.29. The van der Waals surface area contributed by atoms with Crippen LogP contribution in [0.5, 0.6) is 0 Å². The number of fused-ring (bicyclic) bond motifs is 1. The lowest BCUT2D eigenvalue weighted by Crippen LogP contribution is -1.97. The molecule has 1 N–H and O–H groups in total. The summed E-state index contributed by atoms with van der Waals surface area (Å²) in [4.78, 5) is 8.70. The second-order valence-corrected chi connectivity index (χ2v) is 7.00. The molecular formula is C16H14ClFN4S2. The number of hydrogen-bond donors (Lipinski definition) is 1. The first-order valence-electron chi connectivity index (χ1n) is 6.88. The Bertz CT molecular complexity index is 865. The lowest BCUT2D eigenvalue weighted by atomic mass is 10.3. The second kappa shape index (κ2) is 8.83. The van der Waals surface area contributed by atoms with Crippen LogP contribution in [0.3, 0.4) is 0 Å². The SMILES string of the molecule is CC#N.CSc1nc2nccc(NC3=CCC(Cl)=C(F)C=C3)c2s1. The first kappa shape index (κ1) is 18.5. The van der Waals surface area contributed by atoms with Crippen molar-refractivity contribution in [2.45, 2.75) is 17.7 Å². The van der Waals surface area contributed by atoms with Crippen LogP contribution in [0.2, 0.25) is 0 Å². The summed E-state index contributed by atoms with van der Waals surface area (Å²) in [6.45, 7) is 1.43. The van der Waals surface area contributed by atoms with E-state index in [1.54, 1.807) is 41.4 Å².